The fourth-order valence-electron chi connectivity index (χ4n) is 6.05. The Labute approximate surface area is 157 Å². The number of nitrogens with one attached hydrogen (secondary N) is 2. The topological polar surface area (TPSA) is 91.3 Å². The van der Waals surface area contributed by atoms with E-state index in [0.717, 1.165) is 53.6 Å². The molecule has 2 amide bonds. The molecule has 1 aromatic carbocycles. The molecule has 1 heterocycles. The zero-order valence-electron chi connectivity index (χ0n) is 15.1. The molecule has 4 bridgehead atoms. The molecule has 0 saturated heterocycles. The maximum atomic E-state index is 13.2. The van der Waals surface area contributed by atoms with Crippen LogP contribution in [0.25, 0.3) is 10.9 Å². The summed E-state index contributed by atoms with van der Waals surface area (Å²) in [5.41, 5.74) is 3.16. The minimum Gasteiger partial charge on any atom is -0.326 e. The van der Waals surface area contributed by atoms with Gasteiger partial charge in [-0.3, -0.25) is 19.8 Å². The molecule has 1 aromatic heterocycles. The minimum absolute atomic E-state index is 0.151. The number of nitrogens with zero attached hydrogens (tertiary/aromatic N) is 1. The Morgan fingerprint density at radius 3 is 2.33 bits per heavy atom. The van der Waals surface area contributed by atoms with Gasteiger partial charge >= 0.3 is 0 Å². The summed E-state index contributed by atoms with van der Waals surface area (Å²) in [6, 6.07) is 7.20. The molecule has 27 heavy (non-hydrogen) atoms. The fourth-order valence-corrected chi connectivity index (χ4v) is 6.05. The quantitative estimate of drug-likeness (QED) is 0.573. The normalized spacial score (nSPS) is 31.1. The molecule has 140 valence electrons. The molecule has 6 heteroatoms. The minimum atomic E-state index is -0.604. The number of rotatable bonds is 3. The van der Waals surface area contributed by atoms with Gasteiger partial charge in [0.1, 0.15) is 0 Å². The lowest BCUT2D eigenvalue weighted by molar-refractivity contribution is -0.140. The van der Waals surface area contributed by atoms with E-state index < -0.39 is 5.91 Å². The summed E-state index contributed by atoms with van der Waals surface area (Å²) < 4.78 is 0. The molecule has 0 aliphatic heterocycles. The second kappa shape index (κ2) is 6.02. The summed E-state index contributed by atoms with van der Waals surface area (Å²) in [6.07, 6.45) is 8.43. The third kappa shape index (κ3) is 2.79. The smallest absolute Gasteiger partial charge is 0.276 e. The van der Waals surface area contributed by atoms with Gasteiger partial charge in [0.25, 0.3) is 5.91 Å². The Bertz CT molecular complexity index is 904. The first kappa shape index (κ1) is 16.7. The third-order valence-electron chi connectivity index (χ3n) is 6.82. The van der Waals surface area contributed by atoms with Crippen molar-refractivity contribution in [2.45, 2.75) is 38.5 Å². The maximum Gasteiger partial charge on any atom is 0.276 e. The Hall–Kier alpha value is -2.47. The molecule has 4 saturated carbocycles. The zero-order chi connectivity index (χ0) is 18.6. The van der Waals surface area contributed by atoms with Crippen LogP contribution in [0.5, 0.6) is 0 Å². The van der Waals surface area contributed by atoms with Crippen molar-refractivity contribution in [2.24, 2.45) is 23.2 Å². The van der Waals surface area contributed by atoms with Crippen LogP contribution in [-0.2, 0) is 4.79 Å². The van der Waals surface area contributed by atoms with Crippen LogP contribution in [0.4, 0.5) is 5.69 Å². The molecule has 4 aliphatic rings. The summed E-state index contributed by atoms with van der Waals surface area (Å²) in [7, 11) is 0. The molecular weight excluding hydrogens is 342 g/mol. The zero-order valence-corrected chi connectivity index (χ0v) is 15.1. The van der Waals surface area contributed by atoms with E-state index in [1.54, 1.807) is 11.5 Å². The van der Waals surface area contributed by atoms with Crippen LogP contribution in [0.3, 0.4) is 0 Å². The Kier molecular flexibility index (Phi) is 3.72. The average molecular weight is 365 g/mol. The average Bonchev–Trinajstić information content (AvgIpc) is 2.65. The van der Waals surface area contributed by atoms with Crippen molar-refractivity contribution >= 4 is 28.4 Å². The van der Waals surface area contributed by atoms with Crippen molar-refractivity contribution in [3.63, 3.8) is 0 Å². The number of anilines is 1. The number of benzene rings is 1. The number of carbonyl (C=O) groups is 2. The SMILES string of the molecule is O=C(NO)c1cnc2ccc(NC(=O)C34CC5CC(CC(C5)C3)C4)cc2c1. The lowest BCUT2D eigenvalue weighted by Crippen LogP contribution is -2.51. The van der Waals surface area contributed by atoms with Crippen molar-refractivity contribution in [1.29, 1.82) is 0 Å². The van der Waals surface area contributed by atoms with Gasteiger partial charge in [0.05, 0.1) is 16.5 Å². The van der Waals surface area contributed by atoms with Gasteiger partial charge in [0.15, 0.2) is 0 Å². The largest absolute Gasteiger partial charge is 0.326 e. The van der Waals surface area contributed by atoms with E-state index in [-0.39, 0.29) is 16.9 Å². The maximum absolute atomic E-state index is 13.2. The van der Waals surface area contributed by atoms with Crippen LogP contribution in [0.1, 0.15) is 48.9 Å². The molecule has 4 fully saturated rings. The van der Waals surface area contributed by atoms with E-state index >= 15 is 0 Å². The highest BCUT2D eigenvalue weighted by molar-refractivity contribution is 5.99. The van der Waals surface area contributed by atoms with Gasteiger partial charge in [-0.1, -0.05) is 0 Å². The summed E-state index contributed by atoms with van der Waals surface area (Å²) in [4.78, 5) is 29.0. The lowest BCUT2D eigenvalue weighted by Gasteiger charge is -2.55. The van der Waals surface area contributed by atoms with Gasteiger partial charge in [0.2, 0.25) is 5.91 Å². The Balaban J connectivity index is 1.41. The first-order valence-corrected chi connectivity index (χ1v) is 9.70. The number of fused-ring (bicyclic) bond motifs is 1. The van der Waals surface area contributed by atoms with Gasteiger partial charge < -0.3 is 5.32 Å². The van der Waals surface area contributed by atoms with Gasteiger partial charge in [-0.2, -0.15) is 0 Å². The molecule has 6 rings (SSSR count). The molecule has 4 aliphatic carbocycles. The second-order valence-corrected chi connectivity index (χ2v) is 8.72. The van der Waals surface area contributed by atoms with Crippen LogP contribution < -0.4 is 10.8 Å². The lowest BCUT2D eigenvalue weighted by atomic mass is 9.49. The molecule has 0 radical (unpaired) electrons. The summed E-state index contributed by atoms with van der Waals surface area (Å²) in [6.45, 7) is 0. The van der Waals surface area contributed by atoms with E-state index in [0.29, 0.717) is 0 Å². The standard InChI is InChI=1S/C21H23N3O3/c25-19(24-27)16-6-15-7-17(1-2-18(15)22-11-16)23-20(26)21-8-12-3-13(9-21)5-14(4-12)10-21/h1-2,6-7,11-14,27H,3-5,8-10H2,(H,23,26)(H,24,25). The highest BCUT2D eigenvalue weighted by Crippen LogP contribution is 2.60. The van der Waals surface area contributed by atoms with Crippen LogP contribution in [-0.4, -0.2) is 22.0 Å². The molecule has 6 nitrogen and oxygen atoms in total. The number of carbonyl (C=O) groups excluding carboxylic acids is 2. The highest BCUT2D eigenvalue weighted by atomic mass is 16.5. The fraction of sp³-hybridized carbons (Fsp3) is 0.476. The van der Waals surface area contributed by atoms with Crippen molar-refractivity contribution in [3.8, 4) is 0 Å². The summed E-state index contributed by atoms with van der Waals surface area (Å²) >= 11 is 0. The molecule has 0 atom stereocenters. The predicted octanol–water partition coefficient (Wildman–Crippen LogP) is 3.51. The number of hydrogen-bond acceptors (Lipinski definition) is 4. The molecule has 0 unspecified atom stereocenters. The van der Waals surface area contributed by atoms with Crippen molar-refractivity contribution in [1.82, 2.24) is 10.5 Å². The number of hydrogen-bond donors (Lipinski definition) is 3. The van der Waals surface area contributed by atoms with Crippen LogP contribution in [0.2, 0.25) is 0 Å². The number of pyridine rings is 1. The second-order valence-electron chi connectivity index (χ2n) is 8.72. The van der Waals surface area contributed by atoms with Crippen molar-refractivity contribution in [3.05, 3.63) is 36.0 Å². The van der Waals surface area contributed by atoms with Crippen LogP contribution >= 0.6 is 0 Å². The van der Waals surface area contributed by atoms with E-state index in [9.17, 15) is 9.59 Å². The summed E-state index contributed by atoms with van der Waals surface area (Å²) in [5.74, 6) is 1.72. The summed E-state index contributed by atoms with van der Waals surface area (Å²) in [5, 5.41) is 12.7. The first-order chi connectivity index (χ1) is 13.0. The predicted molar refractivity (Wildman–Crippen MR) is 100 cm³/mol. The van der Waals surface area contributed by atoms with E-state index in [2.05, 4.69) is 10.3 Å². The third-order valence-corrected chi connectivity index (χ3v) is 6.82. The van der Waals surface area contributed by atoms with Crippen LogP contribution in [0.15, 0.2) is 30.5 Å². The molecule has 2 aromatic rings. The number of aromatic nitrogens is 1. The Morgan fingerprint density at radius 1 is 1.04 bits per heavy atom. The molecular formula is C21H23N3O3. The van der Waals surface area contributed by atoms with Gasteiger partial charge in [-0.05, 0) is 80.5 Å². The monoisotopic (exact) mass is 365 g/mol. The van der Waals surface area contributed by atoms with E-state index in [4.69, 9.17) is 5.21 Å². The van der Waals surface area contributed by atoms with Crippen molar-refractivity contribution in [2.75, 3.05) is 5.32 Å². The highest BCUT2D eigenvalue weighted by Gasteiger charge is 2.54. The van der Waals surface area contributed by atoms with E-state index in [1.807, 2.05) is 18.2 Å². The first-order valence-electron chi connectivity index (χ1n) is 9.70. The van der Waals surface area contributed by atoms with Gasteiger partial charge in [-0.25, -0.2) is 5.48 Å². The number of amides is 2. The Morgan fingerprint density at radius 2 is 1.70 bits per heavy atom. The van der Waals surface area contributed by atoms with E-state index in [1.165, 1.54) is 25.5 Å². The molecule has 0 spiro atoms. The van der Waals surface area contributed by atoms with Gasteiger partial charge in [-0.15, -0.1) is 0 Å². The van der Waals surface area contributed by atoms with Crippen molar-refractivity contribution < 1.29 is 14.8 Å². The molecule has 3 N–H and O–H groups in total. The number of hydroxylamine groups is 1. The van der Waals surface area contributed by atoms with Crippen LogP contribution in [0, 0.1) is 23.2 Å². The van der Waals surface area contributed by atoms with Gasteiger partial charge in [0, 0.05) is 17.3 Å².